The molecule has 0 atom stereocenters. The minimum absolute atomic E-state index is 0.288. The van der Waals surface area contributed by atoms with Crippen molar-refractivity contribution in [3.05, 3.63) is 216 Å². The molecule has 0 radical (unpaired) electrons. The Kier molecular flexibility index (Phi) is 11.2. The van der Waals surface area contributed by atoms with Crippen LogP contribution in [0.5, 0.6) is 0 Å². The fourth-order valence-corrected chi connectivity index (χ4v) is 5.85. The van der Waals surface area contributed by atoms with E-state index in [0.717, 1.165) is 66.8 Å². The van der Waals surface area contributed by atoms with E-state index in [2.05, 4.69) is 67.5 Å². The number of hydrogen-bond donors (Lipinski definition) is 4. The first kappa shape index (κ1) is 34.9. The molecule has 3 aromatic rings. The number of nitrogens with two attached hydrogens (primary N) is 1. The van der Waals surface area contributed by atoms with Crippen molar-refractivity contribution in [3.8, 4) is 0 Å². The van der Waals surface area contributed by atoms with Gasteiger partial charge in [0.2, 0.25) is 0 Å². The summed E-state index contributed by atoms with van der Waals surface area (Å²) in [5, 5.41) is 11.0. The number of aromatic nitrogens is 2. The van der Waals surface area contributed by atoms with Crippen LogP contribution >= 0.6 is 0 Å². The molecule has 0 spiro atoms. The Labute approximate surface area is 295 Å². The van der Waals surface area contributed by atoms with Crippen molar-refractivity contribution in [3.63, 3.8) is 0 Å². The molecule has 5 rings (SSSR count). The van der Waals surface area contributed by atoms with Gasteiger partial charge in [-0.2, -0.15) is 0 Å². The average Bonchev–Trinajstić information content (AvgIpc) is 3.89. The first-order valence-corrected chi connectivity index (χ1v) is 16.4. The fraction of sp³-hybridized carbons (Fsp3) is 0.0667. The number of rotatable bonds is 10. The first-order valence-electron chi connectivity index (χ1n) is 16.4. The Morgan fingerprint density at radius 2 is 1.54 bits per heavy atom. The summed E-state index contributed by atoms with van der Waals surface area (Å²) in [5.74, 6) is 0. The van der Waals surface area contributed by atoms with Crippen LogP contribution in [0.2, 0.25) is 0 Å². The zero-order chi connectivity index (χ0) is 35.6. The molecular formula is C45H43N5. The van der Waals surface area contributed by atoms with Crippen LogP contribution in [0, 0.1) is 5.41 Å². The quantitative estimate of drug-likeness (QED) is 0.128. The molecule has 0 aliphatic carbocycles. The van der Waals surface area contributed by atoms with E-state index in [0.29, 0.717) is 23.4 Å². The lowest BCUT2D eigenvalue weighted by molar-refractivity contribution is 1.20. The first-order chi connectivity index (χ1) is 24.2. The molecule has 5 nitrogen and oxygen atoms in total. The van der Waals surface area contributed by atoms with Gasteiger partial charge in [0.25, 0.3) is 0 Å². The molecule has 2 aliphatic rings. The average molecular weight is 654 g/mol. The van der Waals surface area contributed by atoms with Gasteiger partial charge in [-0.1, -0.05) is 117 Å². The number of allylic oxidation sites excluding steroid dienone is 17. The van der Waals surface area contributed by atoms with Crippen LogP contribution in [-0.2, 0) is 0 Å². The number of fused-ring (bicyclic) bond motifs is 5. The lowest BCUT2D eigenvalue weighted by Gasteiger charge is -2.11. The van der Waals surface area contributed by atoms with Crippen molar-refractivity contribution in [2.24, 2.45) is 10.7 Å². The summed E-state index contributed by atoms with van der Waals surface area (Å²) in [6, 6.07) is 18.2. The lowest BCUT2D eigenvalue weighted by atomic mass is 9.99. The highest BCUT2D eigenvalue weighted by Gasteiger charge is 2.21. The van der Waals surface area contributed by atoms with Gasteiger partial charge in [0, 0.05) is 38.8 Å². The summed E-state index contributed by atoms with van der Waals surface area (Å²) < 4.78 is 0. The molecule has 50 heavy (non-hydrogen) atoms. The second-order valence-electron chi connectivity index (χ2n) is 12.0. The zero-order valence-electron chi connectivity index (χ0n) is 28.8. The molecule has 0 unspecified atom stereocenters. The maximum absolute atomic E-state index is 9.12. The molecule has 6 bridgehead atoms. The number of hydrogen-bond acceptors (Lipinski definition) is 3. The van der Waals surface area contributed by atoms with Gasteiger partial charge in [-0.05, 0) is 91.1 Å². The molecular weight excluding hydrogens is 611 g/mol. The van der Waals surface area contributed by atoms with E-state index >= 15 is 0 Å². The number of aromatic amines is 2. The molecule has 0 fully saturated rings. The van der Waals surface area contributed by atoms with Crippen molar-refractivity contribution >= 4 is 33.7 Å². The van der Waals surface area contributed by atoms with Gasteiger partial charge in [0.15, 0.2) is 0 Å². The van der Waals surface area contributed by atoms with Gasteiger partial charge >= 0.3 is 0 Å². The molecule has 2 aliphatic heterocycles. The lowest BCUT2D eigenvalue weighted by Crippen LogP contribution is -2.19. The molecule has 0 saturated heterocycles. The maximum atomic E-state index is 9.12. The maximum Gasteiger partial charge on any atom is 0.0752 e. The minimum atomic E-state index is 0.288. The Hall–Kier alpha value is -6.46. The molecule has 1 aromatic carbocycles. The van der Waals surface area contributed by atoms with Crippen LogP contribution in [-0.4, -0.2) is 21.4 Å². The van der Waals surface area contributed by atoms with E-state index in [9.17, 15) is 0 Å². The third-order valence-electron chi connectivity index (χ3n) is 8.26. The van der Waals surface area contributed by atoms with Gasteiger partial charge in [-0.15, -0.1) is 0 Å². The molecule has 248 valence electrons. The van der Waals surface area contributed by atoms with E-state index < -0.39 is 0 Å². The number of nitrogens with zero attached hydrogens (tertiary/aromatic N) is 1. The Balaban J connectivity index is 1.88. The highest BCUT2D eigenvalue weighted by Crippen LogP contribution is 2.31. The summed E-state index contributed by atoms with van der Waals surface area (Å²) in [7, 11) is 0. The largest absolute Gasteiger partial charge is 0.398 e. The molecule has 0 saturated carbocycles. The van der Waals surface area contributed by atoms with Crippen LogP contribution < -0.4 is 16.4 Å². The summed E-state index contributed by atoms with van der Waals surface area (Å²) in [6.45, 7) is 20.1. The predicted octanol–water partition coefficient (Wildman–Crippen LogP) is 8.88. The van der Waals surface area contributed by atoms with E-state index in [1.54, 1.807) is 24.3 Å². The molecule has 4 heterocycles. The highest BCUT2D eigenvalue weighted by molar-refractivity contribution is 6.33. The van der Waals surface area contributed by atoms with E-state index in [4.69, 9.17) is 16.1 Å². The van der Waals surface area contributed by atoms with Crippen LogP contribution in [0.15, 0.2) is 193 Å². The smallest absolute Gasteiger partial charge is 0.0752 e. The van der Waals surface area contributed by atoms with Gasteiger partial charge in [0.1, 0.15) is 0 Å². The Morgan fingerprint density at radius 3 is 2.28 bits per heavy atom. The van der Waals surface area contributed by atoms with Crippen LogP contribution in [0.25, 0.3) is 22.3 Å². The van der Waals surface area contributed by atoms with Crippen molar-refractivity contribution in [1.29, 1.82) is 5.41 Å². The topological polar surface area (TPSA) is 93.8 Å². The number of H-pyrrole nitrogens is 2. The third-order valence-corrected chi connectivity index (χ3v) is 8.26. The summed E-state index contributed by atoms with van der Waals surface area (Å²) in [4.78, 5) is 12.4. The highest BCUT2D eigenvalue weighted by atomic mass is 14.8. The van der Waals surface area contributed by atoms with Crippen LogP contribution in [0.4, 0.5) is 0 Å². The van der Waals surface area contributed by atoms with Gasteiger partial charge < -0.3 is 21.1 Å². The van der Waals surface area contributed by atoms with Crippen molar-refractivity contribution in [1.82, 2.24) is 9.97 Å². The number of nitrogens with one attached hydrogen (secondary N) is 3. The predicted molar refractivity (Wildman–Crippen MR) is 215 cm³/mol. The SMILES string of the molecule is C=C\C=C/C=C(C)/C1=c2\cc/c([nH]2)=C(\C(=C)/C=C\C(=C)C)C2=N/C(=C(/C(=N)/C=C\C=C)c3ccc([nH]3)/C(c3ccccc3)=C(N)/C=C\C1)C=C2. The zero-order valence-corrected chi connectivity index (χ0v) is 28.8. The number of aliphatic imine (C=N–C) groups is 1. The monoisotopic (exact) mass is 653 g/mol. The van der Waals surface area contributed by atoms with E-state index in [1.807, 2.05) is 91.9 Å². The molecule has 5 heteroatoms. The van der Waals surface area contributed by atoms with Crippen LogP contribution in [0.3, 0.4) is 0 Å². The van der Waals surface area contributed by atoms with Crippen LogP contribution in [0.1, 0.15) is 37.2 Å². The molecule has 2 aromatic heterocycles. The van der Waals surface area contributed by atoms with Gasteiger partial charge in [0.05, 0.1) is 22.8 Å². The normalized spacial score (nSPS) is 21.1. The second kappa shape index (κ2) is 16.1. The van der Waals surface area contributed by atoms with Gasteiger partial charge in [-0.3, -0.25) is 0 Å². The van der Waals surface area contributed by atoms with Crippen molar-refractivity contribution in [2.75, 3.05) is 0 Å². The molecule has 0 amide bonds. The fourth-order valence-electron chi connectivity index (χ4n) is 5.85. The van der Waals surface area contributed by atoms with Crippen molar-refractivity contribution in [2.45, 2.75) is 20.3 Å². The second-order valence-corrected chi connectivity index (χ2v) is 12.0. The summed E-state index contributed by atoms with van der Waals surface area (Å²) >= 11 is 0. The number of benzene rings is 1. The summed E-state index contributed by atoms with van der Waals surface area (Å²) in [6.07, 6.45) is 25.4. The van der Waals surface area contributed by atoms with Crippen molar-refractivity contribution < 1.29 is 0 Å². The van der Waals surface area contributed by atoms with E-state index in [1.165, 1.54) is 0 Å². The molecule has 5 N–H and O–H groups in total. The third kappa shape index (κ3) is 7.97. The minimum Gasteiger partial charge on any atom is -0.398 e. The Morgan fingerprint density at radius 1 is 0.800 bits per heavy atom. The Bertz CT molecular complexity index is 2270. The van der Waals surface area contributed by atoms with Gasteiger partial charge in [-0.25, -0.2) is 4.99 Å². The summed E-state index contributed by atoms with van der Waals surface area (Å²) in [5.41, 5.74) is 18.0. The van der Waals surface area contributed by atoms with E-state index in [-0.39, 0.29) is 5.71 Å². The standard InChI is InChI=1S/C45H43N5/c1-7-9-12-16-31(5)34-19-15-21-35(46)44(33-17-13-11-14-18-33)40-27-29-42(50-40)45(36(47)20-10-8-2)41-28-26-39(49-41)43(32(6)23-22-30(3)4)38-25-24-37(34)48-38/h7-18,20-29,47-48,50H,1-3,6,19,46H2,4-5H3/b12-9-,20-10-,21-15-,23-22-,31-16+,37-34+,43-38-,44-35-,45-41-,47-36?.